The van der Waals surface area contributed by atoms with Gasteiger partial charge in [-0.1, -0.05) is 0 Å². The summed E-state index contributed by atoms with van der Waals surface area (Å²) in [7, 11) is 0. The average molecular weight is 469 g/mol. The molecule has 0 aliphatic heterocycles. The number of rotatable bonds is 3. The summed E-state index contributed by atoms with van der Waals surface area (Å²) < 4.78 is 9.53. The van der Waals surface area contributed by atoms with Crippen molar-refractivity contribution < 1.29 is 4.42 Å². The second kappa shape index (κ2) is 6.42. The Bertz CT molecular complexity index is 792. The largest absolute Gasteiger partial charge is 0.448 e. The van der Waals surface area contributed by atoms with Gasteiger partial charge in [0.1, 0.15) is 5.76 Å². The molecule has 0 saturated heterocycles. The first-order valence-corrected chi connectivity index (χ1v) is 8.66. The van der Waals surface area contributed by atoms with Gasteiger partial charge in [-0.05, 0) is 66.2 Å². The molecule has 3 rings (SSSR count). The van der Waals surface area contributed by atoms with Gasteiger partial charge in [-0.2, -0.15) is 0 Å². The maximum absolute atomic E-state index is 5.54. The molecule has 0 atom stereocenters. The quantitative estimate of drug-likeness (QED) is 0.352. The van der Waals surface area contributed by atoms with Gasteiger partial charge in [0.05, 0.1) is 16.4 Å². The zero-order valence-corrected chi connectivity index (χ0v) is 15.9. The Morgan fingerprint density at radius 2 is 1.73 bits per heavy atom. The zero-order chi connectivity index (χ0) is 15.7. The Morgan fingerprint density at radius 3 is 2.27 bits per heavy atom. The Labute approximate surface area is 151 Å². The molecule has 3 aromatic rings. The van der Waals surface area contributed by atoms with E-state index in [1.165, 1.54) is 11.4 Å². The van der Waals surface area contributed by atoms with Crippen molar-refractivity contribution in [3.8, 4) is 5.69 Å². The highest BCUT2D eigenvalue weighted by atomic mass is 127. The van der Waals surface area contributed by atoms with Crippen LogP contribution in [-0.2, 0) is 0 Å². The van der Waals surface area contributed by atoms with Crippen molar-refractivity contribution in [1.82, 2.24) is 4.57 Å². The number of halogens is 2. The molecule has 2 aromatic heterocycles. The summed E-state index contributed by atoms with van der Waals surface area (Å²) in [5.74, 6) is 0.734. The van der Waals surface area contributed by atoms with Gasteiger partial charge in [0, 0.05) is 45.7 Å². The topological polar surface area (TPSA) is 30.4 Å². The highest BCUT2D eigenvalue weighted by Crippen LogP contribution is 2.23. The highest BCUT2D eigenvalue weighted by Gasteiger charge is 2.05. The van der Waals surface area contributed by atoms with E-state index in [-0.39, 0.29) is 0 Å². The van der Waals surface area contributed by atoms with Crippen LogP contribution in [0.15, 0.2) is 56.3 Å². The number of nitrogens with zero attached hydrogens (tertiary/aromatic N) is 2. The van der Waals surface area contributed by atoms with Gasteiger partial charge in [0.15, 0.2) is 3.77 Å². The van der Waals surface area contributed by atoms with Gasteiger partial charge >= 0.3 is 0 Å². The fraction of sp³-hybridized carbons (Fsp3) is 0.118. The fourth-order valence-electron chi connectivity index (χ4n) is 2.33. The first-order valence-electron chi connectivity index (χ1n) is 6.79. The zero-order valence-electron chi connectivity index (χ0n) is 12.2. The molecule has 5 heteroatoms. The molecule has 0 fully saturated rings. The maximum Gasteiger partial charge on any atom is 0.178 e. The standard InChI is InChI=1S/C17H14BrIN2O/c1-11-3-4-12(2)21(11)14-7-5-13(6-8-14)20-10-15-9-16(18)17(19)22-15/h3-10H,1-2H3. The summed E-state index contributed by atoms with van der Waals surface area (Å²) in [5, 5.41) is 0. The molecule has 3 nitrogen and oxygen atoms in total. The molecule has 0 aliphatic rings. The molecule has 0 bridgehead atoms. The Kier molecular flexibility index (Phi) is 4.54. The van der Waals surface area contributed by atoms with E-state index in [1.54, 1.807) is 6.21 Å². The smallest absolute Gasteiger partial charge is 0.178 e. The first-order chi connectivity index (χ1) is 10.5. The third kappa shape index (κ3) is 3.20. The number of benzene rings is 1. The number of hydrogen-bond acceptors (Lipinski definition) is 2. The van der Waals surface area contributed by atoms with Crippen LogP contribution in [0.3, 0.4) is 0 Å². The van der Waals surface area contributed by atoms with E-state index >= 15 is 0 Å². The molecule has 112 valence electrons. The lowest BCUT2D eigenvalue weighted by atomic mass is 10.2. The summed E-state index contributed by atoms with van der Waals surface area (Å²) in [6.45, 7) is 4.21. The summed E-state index contributed by atoms with van der Waals surface area (Å²) >= 11 is 5.56. The van der Waals surface area contributed by atoms with E-state index in [2.05, 4.69) is 86.2 Å². The van der Waals surface area contributed by atoms with Crippen molar-refractivity contribution in [1.29, 1.82) is 0 Å². The third-order valence-electron chi connectivity index (χ3n) is 3.38. The minimum absolute atomic E-state index is 0.734. The summed E-state index contributed by atoms with van der Waals surface area (Å²) in [5.41, 5.74) is 4.50. The minimum Gasteiger partial charge on any atom is -0.448 e. The Balaban J connectivity index is 1.83. The molecule has 0 N–H and O–H groups in total. The van der Waals surface area contributed by atoms with Crippen molar-refractivity contribution in [2.75, 3.05) is 0 Å². The van der Waals surface area contributed by atoms with Crippen LogP contribution in [0.5, 0.6) is 0 Å². The molecule has 0 spiro atoms. The van der Waals surface area contributed by atoms with Crippen LogP contribution < -0.4 is 0 Å². The predicted octanol–water partition coefficient (Wildman–Crippen LogP) is 5.80. The number of hydrogen-bond donors (Lipinski definition) is 0. The normalized spacial score (nSPS) is 11.5. The van der Waals surface area contributed by atoms with Crippen LogP contribution in [0.25, 0.3) is 5.69 Å². The molecular formula is C17H14BrIN2O. The number of furan rings is 1. The number of aryl methyl sites for hydroxylation is 2. The van der Waals surface area contributed by atoms with Crippen molar-refractivity contribution in [2.24, 2.45) is 4.99 Å². The molecule has 0 amide bonds. The van der Waals surface area contributed by atoms with Crippen molar-refractivity contribution >= 4 is 50.4 Å². The number of aliphatic imine (C=N–C) groups is 1. The molecule has 0 radical (unpaired) electrons. The number of aromatic nitrogens is 1. The van der Waals surface area contributed by atoms with Crippen LogP contribution in [0.2, 0.25) is 0 Å². The summed E-state index contributed by atoms with van der Waals surface area (Å²) in [6.07, 6.45) is 1.73. The maximum atomic E-state index is 5.54. The van der Waals surface area contributed by atoms with Crippen molar-refractivity contribution in [2.45, 2.75) is 13.8 Å². The average Bonchev–Trinajstić information content (AvgIpc) is 3.00. The Hall–Kier alpha value is -1.34. The minimum atomic E-state index is 0.734. The highest BCUT2D eigenvalue weighted by molar-refractivity contribution is 14.1. The van der Waals surface area contributed by atoms with E-state index < -0.39 is 0 Å². The monoisotopic (exact) mass is 468 g/mol. The fourth-order valence-corrected chi connectivity index (χ4v) is 3.05. The van der Waals surface area contributed by atoms with E-state index in [0.717, 1.165) is 25.4 Å². The van der Waals surface area contributed by atoms with E-state index in [0.29, 0.717) is 0 Å². The van der Waals surface area contributed by atoms with Gasteiger partial charge in [-0.15, -0.1) is 0 Å². The van der Waals surface area contributed by atoms with Gasteiger partial charge in [-0.3, -0.25) is 4.99 Å². The first kappa shape index (κ1) is 15.6. The summed E-state index contributed by atoms with van der Waals surface area (Å²) in [6, 6.07) is 14.3. The second-order valence-electron chi connectivity index (χ2n) is 5.00. The molecule has 0 saturated carbocycles. The molecule has 2 heterocycles. The van der Waals surface area contributed by atoms with Crippen molar-refractivity contribution in [3.05, 3.63) is 67.9 Å². The second-order valence-corrected chi connectivity index (χ2v) is 6.83. The lowest BCUT2D eigenvalue weighted by Crippen LogP contribution is -1.97. The Morgan fingerprint density at radius 1 is 1.09 bits per heavy atom. The van der Waals surface area contributed by atoms with Crippen LogP contribution in [0.4, 0.5) is 5.69 Å². The molecule has 0 aliphatic carbocycles. The molecule has 22 heavy (non-hydrogen) atoms. The molecular weight excluding hydrogens is 455 g/mol. The third-order valence-corrected chi connectivity index (χ3v) is 5.52. The van der Waals surface area contributed by atoms with Crippen LogP contribution in [0, 0.1) is 17.6 Å². The van der Waals surface area contributed by atoms with Gasteiger partial charge in [0.2, 0.25) is 0 Å². The lowest BCUT2D eigenvalue weighted by Gasteiger charge is -2.09. The lowest BCUT2D eigenvalue weighted by molar-refractivity contribution is 0.530. The van der Waals surface area contributed by atoms with Crippen molar-refractivity contribution in [3.63, 3.8) is 0 Å². The van der Waals surface area contributed by atoms with Gasteiger partial charge < -0.3 is 8.98 Å². The van der Waals surface area contributed by atoms with E-state index in [9.17, 15) is 0 Å². The van der Waals surface area contributed by atoms with Gasteiger partial charge in [0.25, 0.3) is 0 Å². The van der Waals surface area contributed by atoms with Crippen LogP contribution >= 0.6 is 38.5 Å². The van der Waals surface area contributed by atoms with Crippen LogP contribution in [-0.4, -0.2) is 10.8 Å². The SMILES string of the molecule is Cc1ccc(C)n1-c1ccc(N=Cc2cc(Br)c(I)o2)cc1. The van der Waals surface area contributed by atoms with E-state index in [1.807, 2.05) is 18.2 Å². The van der Waals surface area contributed by atoms with E-state index in [4.69, 9.17) is 4.42 Å². The van der Waals surface area contributed by atoms with Crippen LogP contribution in [0.1, 0.15) is 17.1 Å². The molecule has 1 aromatic carbocycles. The predicted molar refractivity (Wildman–Crippen MR) is 102 cm³/mol. The van der Waals surface area contributed by atoms with Gasteiger partial charge in [-0.25, -0.2) is 0 Å². The summed E-state index contributed by atoms with van der Waals surface area (Å²) in [4.78, 5) is 4.45. The molecule has 0 unspecified atom stereocenters.